The molecule has 3 rings (SSSR count). The van der Waals surface area contributed by atoms with Crippen molar-refractivity contribution in [3.8, 4) is 0 Å². The van der Waals surface area contributed by atoms with E-state index in [1.54, 1.807) is 7.11 Å². The maximum atomic E-state index is 12.3. The zero-order valence-electron chi connectivity index (χ0n) is 15.7. The van der Waals surface area contributed by atoms with Crippen molar-refractivity contribution in [2.24, 2.45) is 0 Å². The van der Waals surface area contributed by atoms with Gasteiger partial charge in [-0.25, -0.2) is 4.79 Å². The predicted molar refractivity (Wildman–Crippen MR) is 105 cm³/mol. The van der Waals surface area contributed by atoms with Crippen molar-refractivity contribution in [2.45, 2.75) is 13.2 Å². The van der Waals surface area contributed by atoms with Crippen molar-refractivity contribution in [3.05, 3.63) is 59.4 Å². The van der Waals surface area contributed by atoms with Gasteiger partial charge in [-0.15, -0.1) is 0 Å². The largest absolute Gasteiger partial charge is 0.378 e. The van der Waals surface area contributed by atoms with Gasteiger partial charge in [0.1, 0.15) is 0 Å². The van der Waals surface area contributed by atoms with E-state index in [2.05, 4.69) is 44.7 Å². The number of rotatable bonds is 7. The Morgan fingerprint density at radius 2 is 2.04 bits per heavy atom. The molecule has 0 saturated carbocycles. The molecule has 144 valence electrons. The first kappa shape index (κ1) is 19.1. The molecule has 0 spiro atoms. The molecule has 0 aliphatic carbocycles. The molecule has 1 saturated heterocycles. The van der Waals surface area contributed by atoms with Crippen LogP contribution in [0.1, 0.15) is 17.0 Å². The Kier molecular flexibility index (Phi) is 7.01. The average Bonchev–Trinajstić information content (AvgIpc) is 3.15. The van der Waals surface area contributed by atoms with Crippen LogP contribution in [0.2, 0.25) is 0 Å². The first-order valence-corrected chi connectivity index (χ1v) is 9.23. The number of nitrogens with one attached hydrogen (secondary N) is 2. The smallest absolute Gasteiger partial charge is 0.317 e. The van der Waals surface area contributed by atoms with Crippen molar-refractivity contribution in [1.82, 2.24) is 25.3 Å². The number of nitrogens with zero attached hydrogens (tertiary/aromatic N) is 3. The van der Waals surface area contributed by atoms with E-state index in [4.69, 9.17) is 4.74 Å². The Balaban J connectivity index is 1.36. The highest BCUT2D eigenvalue weighted by atomic mass is 16.5. The number of carbonyl (C=O) groups excluding carboxylic acids is 1. The molecule has 2 amide bonds. The van der Waals surface area contributed by atoms with Gasteiger partial charge in [-0.1, -0.05) is 42.5 Å². The summed E-state index contributed by atoms with van der Waals surface area (Å²) < 4.78 is 5.04. The summed E-state index contributed by atoms with van der Waals surface area (Å²) in [7, 11) is 1.63. The summed E-state index contributed by atoms with van der Waals surface area (Å²) >= 11 is 0. The zero-order chi connectivity index (χ0) is 18.9. The molecule has 1 aromatic heterocycles. The summed E-state index contributed by atoms with van der Waals surface area (Å²) in [6, 6.07) is 12.2. The normalized spacial score (nSPS) is 15.4. The summed E-state index contributed by atoms with van der Waals surface area (Å²) in [5.41, 5.74) is 2.92. The van der Waals surface area contributed by atoms with Gasteiger partial charge in [-0.3, -0.25) is 10.00 Å². The minimum Gasteiger partial charge on any atom is -0.378 e. The van der Waals surface area contributed by atoms with Gasteiger partial charge in [0.2, 0.25) is 0 Å². The molecule has 1 aromatic carbocycles. The van der Waals surface area contributed by atoms with E-state index in [1.165, 1.54) is 5.56 Å². The molecular formula is C20H27N5O2. The van der Waals surface area contributed by atoms with E-state index < -0.39 is 0 Å². The molecule has 2 heterocycles. The molecule has 7 heteroatoms. The number of aromatic amines is 1. The Morgan fingerprint density at radius 1 is 1.26 bits per heavy atom. The number of carbonyl (C=O) groups is 1. The Hall–Kier alpha value is -2.64. The van der Waals surface area contributed by atoms with E-state index in [-0.39, 0.29) is 6.03 Å². The van der Waals surface area contributed by atoms with Crippen LogP contribution in [0, 0.1) is 0 Å². The van der Waals surface area contributed by atoms with E-state index >= 15 is 0 Å². The first-order chi connectivity index (χ1) is 13.2. The third kappa shape index (κ3) is 5.94. The van der Waals surface area contributed by atoms with E-state index in [0.717, 1.165) is 44.1 Å². The van der Waals surface area contributed by atoms with Crippen LogP contribution < -0.4 is 5.32 Å². The van der Waals surface area contributed by atoms with Gasteiger partial charge in [-0.05, 0) is 11.6 Å². The summed E-state index contributed by atoms with van der Waals surface area (Å²) in [6.07, 6.45) is 4.32. The summed E-state index contributed by atoms with van der Waals surface area (Å²) in [5, 5.41) is 9.99. The van der Waals surface area contributed by atoms with Gasteiger partial charge in [0.25, 0.3) is 0 Å². The molecule has 2 N–H and O–H groups in total. The van der Waals surface area contributed by atoms with Crippen LogP contribution in [0.3, 0.4) is 0 Å². The van der Waals surface area contributed by atoms with Crippen LogP contribution in [-0.2, 0) is 17.9 Å². The molecule has 7 nitrogen and oxygen atoms in total. The topological polar surface area (TPSA) is 73.5 Å². The summed E-state index contributed by atoms with van der Waals surface area (Å²) in [4.78, 5) is 16.6. The molecule has 1 aliphatic heterocycles. The van der Waals surface area contributed by atoms with Crippen molar-refractivity contribution in [1.29, 1.82) is 0 Å². The SMILES string of the molecule is COCc1cc(CNC(=O)N2CCN(CC=Cc3ccccc3)CC2)[nH]n1. The number of methoxy groups -OCH3 is 1. The fraction of sp³-hybridized carbons (Fsp3) is 0.400. The lowest BCUT2D eigenvalue weighted by atomic mass is 10.2. The number of hydrogen-bond acceptors (Lipinski definition) is 4. The van der Waals surface area contributed by atoms with Crippen LogP contribution in [0.5, 0.6) is 0 Å². The van der Waals surface area contributed by atoms with Gasteiger partial charge in [-0.2, -0.15) is 5.10 Å². The van der Waals surface area contributed by atoms with E-state index in [1.807, 2.05) is 29.2 Å². The molecule has 1 aliphatic rings. The molecule has 0 radical (unpaired) electrons. The number of ether oxygens (including phenoxy) is 1. The number of H-pyrrole nitrogens is 1. The highest BCUT2D eigenvalue weighted by molar-refractivity contribution is 5.74. The van der Waals surface area contributed by atoms with Crippen molar-refractivity contribution < 1.29 is 9.53 Å². The number of aromatic nitrogens is 2. The monoisotopic (exact) mass is 369 g/mol. The molecule has 27 heavy (non-hydrogen) atoms. The molecule has 0 bridgehead atoms. The van der Waals surface area contributed by atoms with Gasteiger partial charge in [0, 0.05) is 39.8 Å². The van der Waals surface area contributed by atoms with Crippen LogP contribution >= 0.6 is 0 Å². The molecule has 2 aromatic rings. The number of piperazine rings is 1. The van der Waals surface area contributed by atoms with Crippen LogP contribution in [0.15, 0.2) is 42.5 Å². The van der Waals surface area contributed by atoms with Crippen molar-refractivity contribution >= 4 is 12.1 Å². The quantitative estimate of drug-likeness (QED) is 0.784. The molecule has 0 unspecified atom stereocenters. The first-order valence-electron chi connectivity index (χ1n) is 9.23. The highest BCUT2D eigenvalue weighted by Crippen LogP contribution is 2.06. The number of amides is 2. The van der Waals surface area contributed by atoms with Gasteiger partial charge in [0.15, 0.2) is 0 Å². The highest BCUT2D eigenvalue weighted by Gasteiger charge is 2.20. The third-order valence-electron chi connectivity index (χ3n) is 4.54. The van der Waals surface area contributed by atoms with Gasteiger partial charge >= 0.3 is 6.03 Å². The van der Waals surface area contributed by atoms with Crippen molar-refractivity contribution in [2.75, 3.05) is 39.8 Å². The maximum absolute atomic E-state index is 12.3. The molecule has 1 fully saturated rings. The number of benzene rings is 1. The minimum absolute atomic E-state index is 0.0302. The minimum atomic E-state index is -0.0302. The second-order valence-electron chi connectivity index (χ2n) is 6.58. The lowest BCUT2D eigenvalue weighted by molar-refractivity contribution is 0.146. The number of hydrogen-bond donors (Lipinski definition) is 2. The standard InChI is InChI=1S/C20H27N5O2/c1-27-16-19-14-18(22-23-19)15-21-20(26)25-12-10-24(11-13-25)9-5-8-17-6-3-2-4-7-17/h2-8,14H,9-13,15-16H2,1H3,(H,21,26)(H,22,23). The molecule has 0 atom stereocenters. The number of urea groups is 1. The van der Waals surface area contributed by atoms with Crippen LogP contribution in [0.4, 0.5) is 4.79 Å². The van der Waals surface area contributed by atoms with Gasteiger partial charge < -0.3 is 15.0 Å². The zero-order valence-corrected chi connectivity index (χ0v) is 15.7. The van der Waals surface area contributed by atoms with Crippen molar-refractivity contribution in [3.63, 3.8) is 0 Å². The van der Waals surface area contributed by atoms with Crippen LogP contribution in [-0.4, -0.2) is 65.9 Å². The van der Waals surface area contributed by atoms with E-state index in [9.17, 15) is 4.79 Å². The Labute approximate surface area is 160 Å². The van der Waals surface area contributed by atoms with Gasteiger partial charge in [0.05, 0.1) is 24.5 Å². The average molecular weight is 369 g/mol. The summed E-state index contributed by atoms with van der Waals surface area (Å²) in [6.45, 7) is 5.05. The predicted octanol–water partition coefficient (Wildman–Crippen LogP) is 2.10. The molecular weight excluding hydrogens is 342 g/mol. The fourth-order valence-corrected chi connectivity index (χ4v) is 3.04. The lowest BCUT2D eigenvalue weighted by Crippen LogP contribution is -2.51. The lowest BCUT2D eigenvalue weighted by Gasteiger charge is -2.34. The fourth-order valence-electron chi connectivity index (χ4n) is 3.04. The van der Waals surface area contributed by atoms with Crippen LogP contribution in [0.25, 0.3) is 6.08 Å². The maximum Gasteiger partial charge on any atom is 0.317 e. The second kappa shape index (κ2) is 9.89. The Morgan fingerprint density at radius 3 is 2.78 bits per heavy atom. The third-order valence-corrected chi connectivity index (χ3v) is 4.54. The second-order valence-corrected chi connectivity index (χ2v) is 6.58. The summed E-state index contributed by atoms with van der Waals surface area (Å²) in [5.74, 6) is 0. The van der Waals surface area contributed by atoms with E-state index in [0.29, 0.717) is 13.2 Å². The Bertz CT molecular complexity index is 736.